The van der Waals surface area contributed by atoms with E-state index in [4.69, 9.17) is 0 Å². The average Bonchev–Trinajstić information content (AvgIpc) is 2.70. The van der Waals surface area contributed by atoms with E-state index in [-0.39, 0.29) is 17.0 Å². The van der Waals surface area contributed by atoms with Gasteiger partial charge in [0.05, 0.1) is 0 Å². The Bertz CT molecular complexity index is 665. The molecule has 2 rings (SSSR count). The third kappa shape index (κ3) is 8.77. The molecule has 0 aliphatic carbocycles. The molecule has 2 aromatic rings. The molecule has 2 atom stereocenters. The Kier molecular flexibility index (Phi) is 11.9. The second kappa shape index (κ2) is 13.9. The van der Waals surface area contributed by atoms with Crippen LogP contribution < -0.4 is 10.6 Å². The van der Waals surface area contributed by atoms with Gasteiger partial charge in [0.2, 0.25) is 0 Å². The number of halogens is 1. The number of carboxylic acid groups (broad SMARTS) is 2. The lowest BCUT2D eigenvalue weighted by Gasteiger charge is -2.15. The Morgan fingerprint density at radius 2 is 1.00 bits per heavy atom. The first-order valence-electron chi connectivity index (χ1n) is 9.62. The largest absolute Gasteiger partial charge is 0.480 e. The lowest BCUT2D eigenvalue weighted by Crippen LogP contribution is -2.29. The number of hydrogen-bond donors (Lipinski definition) is 4. The number of carbonyl (C=O) groups is 2. The molecule has 0 saturated heterocycles. The monoisotopic (exact) mass is 464 g/mol. The molecule has 0 aromatic heterocycles. The second-order valence-corrected chi connectivity index (χ2v) is 6.69. The molecule has 0 spiro atoms. The third-order valence-electron chi connectivity index (χ3n) is 4.56. The first-order valence-corrected chi connectivity index (χ1v) is 9.62. The first kappa shape index (κ1) is 24.8. The Labute approximate surface area is 182 Å². The summed E-state index contributed by atoms with van der Waals surface area (Å²) in [6.07, 6.45) is 3.66. The maximum Gasteiger partial charge on any atom is 0.325 e. The number of nitrogens with one attached hydrogen (secondary N) is 2. The molecule has 0 fully saturated rings. The van der Waals surface area contributed by atoms with Crippen LogP contribution in [0.1, 0.15) is 48.9 Å². The molecule has 6 nitrogen and oxygen atoms in total. The van der Waals surface area contributed by atoms with Crippen LogP contribution >= 0.6 is 17.0 Å². The van der Waals surface area contributed by atoms with Crippen LogP contribution in [-0.2, 0) is 9.59 Å². The summed E-state index contributed by atoms with van der Waals surface area (Å²) < 4.78 is 0. The fraction of sp³-hybridized carbons (Fsp3) is 0.364. The highest BCUT2D eigenvalue weighted by Crippen LogP contribution is 2.14. The molecule has 2 unspecified atom stereocenters. The highest BCUT2D eigenvalue weighted by Gasteiger charge is 2.19. The number of benzene rings is 2. The van der Waals surface area contributed by atoms with Crippen molar-refractivity contribution in [1.29, 1.82) is 0 Å². The van der Waals surface area contributed by atoms with Gasteiger partial charge < -0.3 is 20.8 Å². The van der Waals surface area contributed by atoms with Gasteiger partial charge in [-0.3, -0.25) is 9.59 Å². The van der Waals surface area contributed by atoms with Crippen LogP contribution in [-0.4, -0.2) is 35.2 Å². The van der Waals surface area contributed by atoms with E-state index in [0.717, 1.165) is 36.8 Å². The van der Waals surface area contributed by atoms with Gasteiger partial charge in [-0.05, 0) is 37.1 Å². The van der Waals surface area contributed by atoms with Crippen LogP contribution in [0.4, 0.5) is 0 Å². The summed E-state index contributed by atoms with van der Waals surface area (Å²) in [7, 11) is 0. The summed E-state index contributed by atoms with van der Waals surface area (Å²) in [6.45, 7) is 1.25. The van der Waals surface area contributed by atoms with E-state index in [1.165, 1.54) is 0 Å². The summed E-state index contributed by atoms with van der Waals surface area (Å²) in [6, 6.07) is 16.9. The molecule has 0 saturated carbocycles. The molecule has 0 amide bonds. The minimum atomic E-state index is -0.879. The fourth-order valence-corrected chi connectivity index (χ4v) is 3.08. The zero-order valence-corrected chi connectivity index (χ0v) is 18.0. The minimum absolute atomic E-state index is 0. The standard InChI is InChI=1S/C22H28N2O4.BrH/c25-21(26)19(17-11-5-3-6-12-17)23-15-9-1-2-10-16-24-20(22(27)28)18-13-7-4-8-14-18;/h3-8,11-14,19-20,23-24H,1-2,9-10,15-16H2,(H,25,26)(H,27,28);1H. The van der Waals surface area contributed by atoms with Crippen molar-refractivity contribution in [3.63, 3.8) is 0 Å². The topological polar surface area (TPSA) is 98.7 Å². The van der Waals surface area contributed by atoms with Crippen molar-refractivity contribution >= 4 is 28.9 Å². The summed E-state index contributed by atoms with van der Waals surface area (Å²) in [5, 5.41) is 24.9. The molecule has 0 aliphatic heterocycles. The van der Waals surface area contributed by atoms with Crippen LogP contribution in [0.2, 0.25) is 0 Å². The Balaban J connectivity index is 0.00000420. The molecule has 0 aliphatic rings. The van der Waals surface area contributed by atoms with E-state index in [1.54, 1.807) is 0 Å². The van der Waals surface area contributed by atoms with Crippen molar-refractivity contribution in [1.82, 2.24) is 10.6 Å². The lowest BCUT2D eigenvalue weighted by molar-refractivity contribution is -0.140. The van der Waals surface area contributed by atoms with Gasteiger partial charge in [0.25, 0.3) is 0 Å². The molecule has 7 heteroatoms. The molecular formula is C22H29BrN2O4. The Morgan fingerprint density at radius 1 is 0.655 bits per heavy atom. The van der Waals surface area contributed by atoms with Gasteiger partial charge in [-0.2, -0.15) is 0 Å². The van der Waals surface area contributed by atoms with Crippen molar-refractivity contribution in [2.24, 2.45) is 0 Å². The van der Waals surface area contributed by atoms with Crippen molar-refractivity contribution in [3.8, 4) is 0 Å². The SMILES string of the molecule is Br.O=C(O)C(NCCCCCCNC(C(=O)O)c1ccccc1)c1ccccc1. The second-order valence-electron chi connectivity index (χ2n) is 6.69. The molecule has 158 valence electrons. The molecule has 0 bridgehead atoms. The number of carboxylic acids is 2. The van der Waals surface area contributed by atoms with E-state index in [0.29, 0.717) is 13.1 Å². The van der Waals surface area contributed by atoms with Crippen LogP contribution in [0.5, 0.6) is 0 Å². The number of unbranched alkanes of at least 4 members (excludes halogenated alkanes) is 3. The third-order valence-corrected chi connectivity index (χ3v) is 4.56. The summed E-state index contributed by atoms with van der Waals surface area (Å²) >= 11 is 0. The van der Waals surface area contributed by atoms with Gasteiger partial charge in [0.1, 0.15) is 12.1 Å². The van der Waals surface area contributed by atoms with Crippen molar-refractivity contribution in [2.45, 2.75) is 37.8 Å². The van der Waals surface area contributed by atoms with Crippen molar-refractivity contribution < 1.29 is 19.8 Å². The van der Waals surface area contributed by atoms with Gasteiger partial charge in [-0.15, -0.1) is 17.0 Å². The van der Waals surface area contributed by atoms with Crippen LogP contribution in [0, 0.1) is 0 Å². The van der Waals surface area contributed by atoms with Gasteiger partial charge >= 0.3 is 11.9 Å². The van der Waals surface area contributed by atoms with E-state index < -0.39 is 24.0 Å². The molecule has 29 heavy (non-hydrogen) atoms. The molecule has 0 heterocycles. The molecule has 0 radical (unpaired) electrons. The summed E-state index contributed by atoms with van der Waals surface area (Å²) in [4.78, 5) is 22.8. The van der Waals surface area contributed by atoms with E-state index in [1.807, 2.05) is 60.7 Å². The maximum atomic E-state index is 11.4. The van der Waals surface area contributed by atoms with Crippen LogP contribution in [0.3, 0.4) is 0 Å². The number of aliphatic carboxylic acids is 2. The zero-order chi connectivity index (χ0) is 20.2. The lowest BCUT2D eigenvalue weighted by atomic mass is 10.1. The van der Waals surface area contributed by atoms with Gasteiger partial charge in [0.15, 0.2) is 0 Å². The Morgan fingerprint density at radius 3 is 1.31 bits per heavy atom. The smallest absolute Gasteiger partial charge is 0.325 e. The predicted molar refractivity (Wildman–Crippen MR) is 118 cm³/mol. The first-order chi connectivity index (χ1) is 13.6. The van der Waals surface area contributed by atoms with Gasteiger partial charge in [-0.25, -0.2) is 0 Å². The predicted octanol–water partition coefficient (Wildman–Crippen LogP) is 3.96. The molecule has 4 N–H and O–H groups in total. The van der Waals surface area contributed by atoms with E-state index in [9.17, 15) is 19.8 Å². The van der Waals surface area contributed by atoms with E-state index >= 15 is 0 Å². The number of rotatable bonds is 13. The van der Waals surface area contributed by atoms with Gasteiger partial charge in [-0.1, -0.05) is 73.5 Å². The zero-order valence-electron chi connectivity index (χ0n) is 16.3. The highest BCUT2D eigenvalue weighted by molar-refractivity contribution is 8.93. The summed E-state index contributed by atoms with van der Waals surface area (Å²) in [5.74, 6) is -1.76. The molecular weight excluding hydrogens is 436 g/mol. The fourth-order valence-electron chi connectivity index (χ4n) is 3.08. The minimum Gasteiger partial charge on any atom is -0.480 e. The van der Waals surface area contributed by atoms with Gasteiger partial charge in [0, 0.05) is 0 Å². The normalized spacial score (nSPS) is 12.6. The van der Waals surface area contributed by atoms with Crippen LogP contribution in [0.25, 0.3) is 0 Å². The van der Waals surface area contributed by atoms with Crippen LogP contribution in [0.15, 0.2) is 60.7 Å². The van der Waals surface area contributed by atoms with Crippen molar-refractivity contribution in [3.05, 3.63) is 71.8 Å². The summed E-state index contributed by atoms with van der Waals surface area (Å²) in [5.41, 5.74) is 1.50. The van der Waals surface area contributed by atoms with Crippen molar-refractivity contribution in [2.75, 3.05) is 13.1 Å². The quantitative estimate of drug-likeness (QED) is 0.335. The maximum absolute atomic E-state index is 11.4. The molecule has 2 aromatic carbocycles. The average molecular weight is 465 g/mol. The number of hydrogen-bond acceptors (Lipinski definition) is 4. The van der Waals surface area contributed by atoms with E-state index in [2.05, 4.69) is 10.6 Å². The Hall–Kier alpha value is -2.22. The highest BCUT2D eigenvalue weighted by atomic mass is 79.9.